The van der Waals surface area contributed by atoms with Crippen molar-refractivity contribution in [2.75, 3.05) is 13.1 Å². The van der Waals surface area contributed by atoms with Gasteiger partial charge in [0.25, 0.3) is 0 Å². The van der Waals surface area contributed by atoms with Gasteiger partial charge in [0.15, 0.2) is 5.96 Å². The summed E-state index contributed by atoms with van der Waals surface area (Å²) in [6.07, 6.45) is 1.00. The molecule has 0 aliphatic heterocycles. The van der Waals surface area contributed by atoms with Crippen molar-refractivity contribution in [3.63, 3.8) is 0 Å². The molecule has 21 heavy (non-hydrogen) atoms. The topological polar surface area (TPSA) is 69.8 Å². The lowest BCUT2D eigenvalue weighted by Gasteiger charge is -2.14. The zero-order valence-electron chi connectivity index (χ0n) is 11.7. The van der Waals surface area contributed by atoms with Gasteiger partial charge in [-0.05, 0) is 31.2 Å². The number of thiophene rings is 1. The summed E-state index contributed by atoms with van der Waals surface area (Å²) in [6.45, 7) is 3.54. The number of aliphatic hydroxyl groups is 1. The van der Waals surface area contributed by atoms with E-state index in [4.69, 9.17) is 16.0 Å². The Morgan fingerprint density at radius 2 is 2.29 bits per heavy atom. The van der Waals surface area contributed by atoms with Crippen LogP contribution < -0.4 is 10.6 Å². The number of nitrogens with zero attached hydrogens (tertiary/aromatic N) is 1. The zero-order valence-corrected chi connectivity index (χ0v) is 13.2. The third-order valence-electron chi connectivity index (χ3n) is 2.70. The molecular weight excluding hydrogens is 310 g/mol. The fourth-order valence-electron chi connectivity index (χ4n) is 1.70. The monoisotopic (exact) mass is 327 g/mol. The van der Waals surface area contributed by atoms with E-state index in [1.165, 1.54) is 11.3 Å². The molecule has 0 saturated carbocycles. The number of hydrogen-bond acceptors (Lipinski definition) is 4. The number of nitrogens with one attached hydrogen (secondary N) is 2. The molecule has 0 bridgehead atoms. The van der Waals surface area contributed by atoms with Crippen LogP contribution in [0.15, 0.2) is 39.9 Å². The van der Waals surface area contributed by atoms with E-state index in [1.54, 1.807) is 12.3 Å². The van der Waals surface area contributed by atoms with Gasteiger partial charge in [-0.3, -0.25) is 0 Å². The minimum atomic E-state index is -0.616. The number of furan rings is 1. The molecule has 2 rings (SSSR count). The first-order chi connectivity index (χ1) is 10.2. The van der Waals surface area contributed by atoms with Gasteiger partial charge in [-0.15, -0.1) is 11.3 Å². The number of hydrogen-bond donors (Lipinski definition) is 3. The van der Waals surface area contributed by atoms with E-state index in [0.717, 1.165) is 17.2 Å². The first-order valence-electron chi connectivity index (χ1n) is 6.67. The average molecular weight is 328 g/mol. The third kappa shape index (κ3) is 5.08. The van der Waals surface area contributed by atoms with Crippen LogP contribution in [0.25, 0.3) is 0 Å². The summed E-state index contributed by atoms with van der Waals surface area (Å²) in [4.78, 5) is 5.22. The highest BCUT2D eigenvalue weighted by atomic mass is 35.5. The fraction of sp³-hybridized carbons (Fsp3) is 0.357. The van der Waals surface area contributed by atoms with Gasteiger partial charge in [-0.2, -0.15) is 0 Å². The molecule has 0 spiro atoms. The molecule has 0 radical (unpaired) electrons. The van der Waals surface area contributed by atoms with Crippen molar-refractivity contribution < 1.29 is 9.52 Å². The predicted molar refractivity (Wildman–Crippen MR) is 85.8 cm³/mol. The molecule has 2 aromatic rings. The summed E-state index contributed by atoms with van der Waals surface area (Å²) in [5.41, 5.74) is 0. The van der Waals surface area contributed by atoms with E-state index in [2.05, 4.69) is 15.6 Å². The maximum atomic E-state index is 10.1. The van der Waals surface area contributed by atoms with Crippen molar-refractivity contribution in [2.24, 2.45) is 4.99 Å². The zero-order chi connectivity index (χ0) is 15.1. The molecule has 0 saturated heterocycles. The van der Waals surface area contributed by atoms with E-state index in [0.29, 0.717) is 23.4 Å². The molecule has 5 nitrogen and oxygen atoms in total. The highest BCUT2D eigenvalue weighted by Gasteiger charge is 2.11. The minimum absolute atomic E-state index is 0.362. The van der Waals surface area contributed by atoms with Gasteiger partial charge in [-0.25, -0.2) is 4.99 Å². The van der Waals surface area contributed by atoms with Gasteiger partial charge in [0.2, 0.25) is 0 Å². The van der Waals surface area contributed by atoms with Crippen LogP contribution in [0, 0.1) is 0 Å². The Balaban J connectivity index is 1.88. The van der Waals surface area contributed by atoms with Crippen molar-refractivity contribution in [1.82, 2.24) is 10.6 Å². The Bertz CT molecular complexity index is 569. The van der Waals surface area contributed by atoms with Crippen LogP contribution >= 0.6 is 22.9 Å². The molecule has 0 aliphatic carbocycles. The first-order valence-corrected chi connectivity index (χ1v) is 7.86. The van der Waals surface area contributed by atoms with Crippen LogP contribution in [-0.4, -0.2) is 24.2 Å². The molecule has 2 aromatic heterocycles. The van der Waals surface area contributed by atoms with Gasteiger partial charge < -0.3 is 20.2 Å². The summed E-state index contributed by atoms with van der Waals surface area (Å²) in [5, 5.41) is 16.3. The maximum Gasteiger partial charge on any atom is 0.191 e. The standard InChI is InChI=1S/C14H18ClN3O2S/c1-2-16-14(17-8-10-4-3-7-20-10)18-9-11(19)12-5-6-13(15)21-12/h3-7,11,19H,2,8-9H2,1H3,(H2,16,17,18). The number of aliphatic hydroxyl groups excluding tert-OH is 1. The third-order valence-corrected chi connectivity index (χ3v) is 4.03. The van der Waals surface area contributed by atoms with Gasteiger partial charge in [0.1, 0.15) is 18.4 Å². The molecule has 7 heteroatoms. The van der Waals surface area contributed by atoms with E-state index in [-0.39, 0.29) is 0 Å². The predicted octanol–water partition coefficient (Wildman–Crippen LogP) is 2.78. The van der Waals surface area contributed by atoms with Crippen molar-refractivity contribution in [3.05, 3.63) is 45.5 Å². The molecule has 1 unspecified atom stereocenters. The van der Waals surface area contributed by atoms with Crippen LogP contribution in [0.1, 0.15) is 23.7 Å². The summed E-state index contributed by atoms with van der Waals surface area (Å²) in [5.74, 6) is 1.42. The molecule has 114 valence electrons. The lowest BCUT2D eigenvalue weighted by atomic mass is 10.3. The molecule has 2 heterocycles. The van der Waals surface area contributed by atoms with E-state index in [1.807, 2.05) is 25.1 Å². The minimum Gasteiger partial charge on any atom is -0.467 e. The lowest BCUT2D eigenvalue weighted by Crippen LogP contribution is -2.39. The van der Waals surface area contributed by atoms with Crippen LogP contribution in [-0.2, 0) is 6.54 Å². The normalized spacial score (nSPS) is 13.2. The summed E-state index contributed by atoms with van der Waals surface area (Å²) in [6, 6.07) is 7.30. The Kier molecular flexibility index (Phi) is 6.10. The summed E-state index contributed by atoms with van der Waals surface area (Å²) < 4.78 is 5.90. The molecule has 0 amide bonds. The molecule has 0 aliphatic rings. The van der Waals surface area contributed by atoms with E-state index in [9.17, 15) is 5.11 Å². The largest absolute Gasteiger partial charge is 0.467 e. The van der Waals surface area contributed by atoms with Crippen LogP contribution in [0.5, 0.6) is 0 Å². The number of halogens is 1. The summed E-state index contributed by atoms with van der Waals surface area (Å²) in [7, 11) is 0. The van der Waals surface area contributed by atoms with Crippen molar-refractivity contribution in [1.29, 1.82) is 0 Å². The summed E-state index contributed by atoms with van der Waals surface area (Å²) >= 11 is 7.24. The Hall–Kier alpha value is -1.50. The van der Waals surface area contributed by atoms with Crippen molar-refractivity contribution in [2.45, 2.75) is 19.6 Å². The van der Waals surface area contributed by atoms with Gasteiger partial charge in [0.05, 0.1) is 10.6 Å². The van der Waals surface area contributed by atoms with E-state index < -0.39 is 6.10 Å². The van der Waals surface area contributed by atoms with Crippen molar-refractivity contribution in [3.8, 4) is 0 Å². The lowest BCUT2D eigenvalue weighted by molar-refractivity contribution is 0.184. The SMILES string of the molecule is CCNC(=NCc1ccco1)NCC(O)c1ccc(Cl)s1. The number of guanidine groups is 1. The second kappa shape index (κ2) is 8.07. The number of aliphatic imine (C=N–C) groups is 1. The van der Waals surface area contributed by atoms with Crippen molar-refractivity contribution >= 4 is 28.9 Å². The van der Waals surface area contributed by atoms with Crippen LogP contribution in [0.2, 0.25) is 4.34 Å². The van der Waals surface area contributed by atoms with Gasteiger partial charge >= 0.3 is 0 Å². The number of rotatable bonds is 6. The van der Waals surface area contributed by atoms with Crippen LogP contribution in [0.4, 0.5) is 0 Å². The smallest absolute Gasteiger partial charge is 0.191 e. The quantitative estimate of drug-likeness (QED) is 0.563. The Morgan fingerprint density at radius 3 is 2.90 bits per heavy atom. The molecular formula is C14H18ClN3O2S. The molecule has 3 N–H and O–H groups in total. The Morgan fingerprint density at radius 1 is 1.43 bits per heavy atom. The Labute approximate surface area is 132 Å². The molecule has 1 atom stereocenters. The first kappa shape index (κ1) is 15.9. The fourth-order valence-corrected chi connectivity index (χ4v) is 2.75. The maximum absolute atomic E-state index is 10.1. The van der Waals surface area contributed by atoms with E-state index >= 15 is 0 Å². The highest BCUT2D eigenvalue weighted by Crippen LogP contribution is 2.26. The second-order valence-corrected chi connectivity index (χ2v) is 6.06. The second-order valence-electron chi connectivity index (χ2n) is 4.31. The molecule has 0 fully saturated rings. The average Bonchev–Trinajstić information content (AvgIpc) is 3.13. The van der Waals surface area contributed by atoms with Crippen LogP contribution in [0.3, 0.4) is 0 Å². The van der Waals surface area contributed by atoms with Gasteiger partial charge in [0, 0.05) is 18.0 Å². The van der Waals surface area contributed by atoms with Gasteiger partial charge in [-0.1, -0.05) is 11.6 Å². The molecule has 0 aromatic carbocycles. The highest BCUT2D eigenvalue weighted by molar-refractivity contribution is 7.16.